The highest BCUT2D eigenvalue weighted by Crippen LogP contribution is 2.18. The third-order valence-corrected chi connectivity index (χ3v) is 2.60. The van der Waals surface area contributed by atoms with Gasteiger partial charge in [0.05, 0.1) is 17.1 Å². The molecule has 0 fully saturated rings. The molecule has 1 amide bonds. The van der Waals surface area contributed by atoms with Crippen LogP contribution < -0.4 is 11.1 Å². The van der Waals surface area contributed by atoms with Crippen molar-refractivity contribution in [2.24, 2.45) is 0 Å². The largest absolute Gasteiger partial charge is 0.397 e. The fourth-order valence-corrected chi connectivity index (χ4v) is 1.72. The zero-order valence-electron chi connectivity index (χ0n) is 10.5. The van der Waals surface area contributed by atoms with E-state index in [2.05, 4.69) is 10.4 Å². The zero-order chi connectivity index (χ0) is 13.1. The summed E-state index contributed by atoms with van der Waals surface area (Å²) in [7, 11) is 0. The molecule has 0 aliphatic carbocycles. The minimum Gasteiger partial charge on any atom is -0.397 e. The summed E-state index contributed by atoms with van der Waals surface area (Å²) in [5.74, 6) is -0.118. The summed E-state index contributed by atoms with van der Waals surface area (Å²) in [5.41, 5.74) is 8.74. The van der Waals surface area contributed by atoms with Crippen LogP contribution in [-0.4, -0.2) is 22.2 Å². The maximum absolute atomic E-state index is 11.7. The predicted molar refractivity (Wildman–Crippen MR) is 70.7 cm³/mol. The summed E-state index contributed by atoms with van der Waals surface area (Å²) in [5, 5.41) is 7.02. The lowest BCUT2D eigenvalue weighted by Crippen LogP contribution is -2.22. The summed E-state index contributed by atoms with van der Waals surface area (Å²) in [6.07, 6.45) is 1.84. The molecule has 2 rings (SSSR count). The molecule has 5 nitrogen and oxygen atoms in total. The minimum atomic E-state index is -0.118. The Morgan fingerprint density at radius 2 is 2.22 bits per heavy atom. The maximum atomic E-state index is 11.7. The molecule has 0 saturated heterocycles. The van der Waals surface area contributed by atoms with E-state index in [0.29, 0.717) is 17.8 Å². The van der Waals surface area contributed by atoms with Gasteiger partial charge in [0.15, 0.2) is 0 Å². The van der Waals surface area contributed by atoms with Gasteiger partial charge in [0.1, 0.15) is 0 Å². The van der Waals surface area contributed by atoms with Crippen LogP contribution in [0.1, 0.15) is 23.0 Å². The van der Waals surface area contributed by atoms with Gasteiger partial charge in [0.25, 0.3) is 5.91 Å². The number of nitrogens with one attached hydrogen (secondary N) is 1. The molecule has 0 saturated carbocycles. The van der Waals surface area contributed by atoms with E-state index in [4.69, 9.17) is 5.73 Å². The number of hydrogen-bond donors (Lipinski definition) is 2. The van der Waals surface area contributed by atoms with E-state index in [1.54, 1.807) is 22.9 Å². The monoisotopic (exact) mass is 244 g/mol. The molecule has 0 spiro atoms. The topological polar surface area (TPSA) is 72.9 Å². The van der Waals surface area contributed by atoms with Crippen molar-refractivity contribution in [2.45, 2.75) is 13.8 Å². The summed E-state index contributed by atoms with van der Waals surface area (Å²) in [6.45, 7) is 4.39. The van der Waals surface area contributed by atoms with Crippen LogP contribution in [-0.2, 0) is 0 Å². The highest BCUT2D eigenvalue weighted by Gasteiger charge is 2.08. The number of amides is 1. The fraction of sp³-hybridized carbons (Fsp3) is 0.231. The molecule has 0 atom stereocenters. The number of carbonyl (C=O) groups excluding carboxylic acids is 1. The Morgan fingerprint density at radius 1 is 1.44 bits per heavy atom. The van der Waals surface area contributed by atoms with E-state index in [1.807, 2.05) is 26.1 Å². The number of nitrogen functional groups attached to an aromatic ring is 1. The molecule has 18 heavy (non-hydrogen) atoms. The van der Waals surface area contributed by atoms with Crippen molar-refractivity contribution in [1.29, 1.82) is 0 Å². The van der Waals surface area contributed by atoms with Gasteiger partial charge in [-0.25, -0.2) is 4.68 Å². The molecule has 3 N–H and O–H groups in total. The van der Waals surface area contributed by atoms with Crippen LogP contribution in [0.25, 0.3) is 5.69 Å². The summed E-state index contributed by atoms with van der Waals surface area (Å²) < 4.78 is 1.70. The molecule has 1 aromatic carbocycles. The van der Waals surface area contributed by atoms with Gasteiger partial charge in [-0.3, -0.25) is 4.79 Å². The van der Waals surface area contributed by atoms with Crippen LogP contribution in [0, 0.1) is 6.92 Å². The van der Waals surface area contributed by atoms with Crippen LogP contribution in [0.15, 0.2) is 30.5 Å². The molecule has 0 unspecified atom stereocenters. The lowest BCUT2D eigenvalue weighted by atomic mass is 10.1. The van der Waals surface area contributed by atoms with Gasteiger partial charge in [0.2, 0.25) is 0 Å². The van der Waals surface area contributed by atoms with Gasteiger partial charge in [-0.1, -0.05) is 0 Å². The van der Waals surface area contributed by atoms with E-state index < -0.39 is 0 Å². The second kappa shape index (κ2) is 4.91. The highest BCUT2D eigenvalue weighted by atomic mass is 16.1. The number of rotatable bonds is 3. The van der Waals surface area contributed by atoms with Crippen LogP contribution in [0.4, 0.5) is 5.69 Å². The number of aryl methyl sites for hydroxylation is 1. The second-order valence-corrected chi connectivity index (χ2v) is 4.03. The van der Waals surface area contributed by atoms with E-state index in [0.717, 1.165) is 11.4 Å². The molecule has 0 radical (unpaired) electrons. The molecule has 2 aromatic rings. The molecular weight excluding hydrogens is 228 g/mol. The Bertz CT molecular complexity index is 574. The number of aromatic nitrogens is 2. The SMILES string of the molecule is CCNC(=O)c1ccc(-n2ccc(C)n2)c(N)c1. The average molecular weight is 244 g/mol. The Hall–Kier alpha value is -2.30. The van der Waals surface area contributed by atoms with E-state index >= 15 is 0 Å². The van der Waals surface area contributed by atoms with Gasteiger partial charge in [-0.15, -0.1) is 0 Å². The zero-order valence-corrected chi connectivity index (χ0v) is 10.5. The Balaban J connectivity index is 2.33. The number of carbonyl (C=O) groups is 1. The number of hydrogen-bond acceptors (Lipinski definition) is 3. The number of benzene rings is 1. The van der Waals surface area contributed by atoms with E-state index in [9.17, 15) is 4.79 Å². The van der Waals surface area contributed by atoms with Gasteiger partial charge in [0, 0.05) is 18.3 Å². The molecule has 0 aliphatic rings. The van der Waals surface area contributed by atoms with Crippen molar-refractivity contribution in [2.75, 3.05) is 12.3 Å². The number of nitrogens with two attached hydrogens (primary N) is 1. The Labute approximate surface area is 106 Å². The summed E-state index contributed by atoms with van der Waals surface area (Å²) in [6, 6.07) is 7.11. The van der Waals surface area contributed by atoms with Crippen molar-refractivity contribution in [1.82, 2.24) is 15.1 Å². The second-order valence-electron chi connectivity index (χ2n) is 4.03. The highest BCUT2D eigenvalue weighted by molar-refractivity contribution is 5.95. The quantitative estimate of drug-likeness (QED) is 0.804. The summed E-state index contributed by atoms with van der Waals surface area (Å²) >= 11 is 0. The minimum absolute atomic E-state index is 0.118. The first-order chi connectivity index (χ1) is 8.61. The number of anilines is 1. The molecule has 0 bridgehead atoms. The van der Waals surface area contributed by atoms with Gasteiger partial charge in [-0.05, 0) is 38.1 Å². The first-order valence-electron chi connectivity index (χ1n) is 5.82. The van der Waals surface area contributed by atoms with Gasteiger partial charge < -0.3 is 11.1 Å². The van der Waals surface area contributed by atoms with Crippen molar-refractivity contribution in [3.63, 3.8) is 0 Å². The average Bonchev–Trinajstić information content (AvgIpc) is 2.76. The van der Waals surface area contributed by atoms with Crippen LogP contribution in [0.3, 0.4) is 0 Å². The van der Waals surface area contributed by atoms with Crippen molar-refractivity contribution in [3.05, 3.63) is 41.7 Å². The van der Waals surface area contributed by atoms with E-state index in [1.165, 1.54) is 0 Å². The molecule has 0 aliphatic heterocycles. The molecular formula is C13H16N4O. The molecule has 5 heteroatoms. The lowest BCUT2D eigenvalue weighted by Gasteiger charge is -2.08. The Kier molecular flexibility index (Phi) is 3.32. The van der Waals surface area contributed by atoms with Crippen molar-refractivity contribution in [3.8, 4) is 5.69 Å². The normalized spacial score (nSPS) is 10.3. The molecule has 94 valence electrons. The van der Waals surface area contributed by atoms with Crippen molar-refractivity contribution >= 4 is 11.6 Å². The lowest BCUT2D eigenvalue weighted by molar-refractivity contribution is 0.0956. The van der Waals surface area contributed by atoms with E-state index in [-0.39, 0.29) is 5.91 Å². The third kappa shape index (κ3) is 2.34. The Morgan fingerprint density at radius 3 is 2.78 bits per heavy atom. The first-order valence-corrected chi connectivity index (χ1v) is 5.82. The number of nitrogens with zero attached hydrogens (tertiary/aromatic N) is 2. The van der Waals surface area contributed by atoms with Crippen LogP contribution in [0.5, 0.6) is 0 Å². The van der Waals surface area contributed by atoms with Crippen LogP contribution in [0.2, 0.25) is 0 Å². The summed E-state index contributed by atoms with van der Waals surface area (Å²) in [4.78, 5) is 11.7. The first kappa shape index (κ1) is 12.2. The molecule has 1 aromatic heterocycles. The standard InChI is InChI=1S/C13H16N4O/c1-3-15-13(18)10-4-5-12(11(14)8-10)17-7-6-9(2)16-17/h4-8H,3,14H2,1-2H3,(H,15,18). The maximum Gasteiger partial charge on any atom is 0.251 e. The predicted octanol–water partition coefficient (Wildman–Crippen LogP) is 1.51. The van der Waals surface area contributed by atoms with Gasteiger partial charge in [-0.2, -0.15) is 5.10 Å². The molecule has 1 heterocycles. The smallest absolute Gasteiger partial charge is 0.251 e. The van der Waals surface area contributed by atoms with Crippen molar-refractivity contribution < 1.29 is 4.79 Å². The third-order valence-electron chi connectivity index (χ3n) is 2.60. The van der Waals surface area contributed by atoms with Crippen LogP contribution >= 0.6 is 0 Å². The fourth-order valence-electron chi connectivity index (χ4n) is 1.72. The van der Waals surface area contributed by atoms with Gasteiger partial charge >= 0.3 is 0 Å².